The molecule has 0 bridgehead atoms. The van der Waals surface area contributed by atoms with E-state index in [1.807, 2.05) is 0 Å². The topological polar surface area (TPSA) is 86.7 Å². The largest absolute Gasteiger partial charge is 0.480 e. The van der Waals surface area contributed by atoms with Gasteiger partial charge in [0.05, 0.1) is 19.6 Å². The van der Waals surface area contributed by atoms with Crippen LogP contribution in [0.1, 0.15) is 33.1 Å². The van der Waals surface area contributed by atoms with Crippen LogP contribution in [-0.4, -0.2) is 53.8 Å². The van der Waals surface area contributed by atoms with Crippen molar-refractivity contribution in [1.82, 2.24) is 10.2 Å². The van der Waals surface area contributed by atoms with E-state index in [0.717, 1.165) is 19.3 Å². The lowest BCUT2D eigenvalue weighted by atomic mass is 10.2. The fourth-order valence-electron chi connectivity index (χ4n) is 1.54. The first-order chi connectivity index (χ1) is 8.45. The number of carbonyl (C=O) groups is 3. The van der Waals surface area contributed by atoms with Crippen LogP contribution in [0.5, 0.6) is 0 Å². The molecule has 1 amide bonds. The van der Waals surface area contributed by atoms with Gasteiger partial charge in [-0.3, -0.25) is 19.3 Å². The lowest BCUT2D eigenvalue weighted by molar-refractivity contribution is -0.139. The first kappa shape index (κ1) is 16.6. The molecule has 0 heterocycles. The maximum absolute atomic E-state index is 11.5. The van der Waals surface area contributed by atoms with E-state index in [9.17, 15) is 14.4 Å². The summed E-state index contributed by atoms with van der Waals surface area (Å²) < 4.78 is 0. The predicted octanol–water partition coefficient (Wildman–Crippen LogP) is 0.268. The van der Waals surface area contributed by atoms with E-state index in [1.165, 1.54) is 11.8 Å². The number of hydrogen-bond acceptors (Lipinski definition) is 4. The fraction of sp³-hybridized carbons (Fsp3) is 0.750. The number of carboxylic acids is 1. The van der Waals surface area contributed by atoms with Crippen molar-refractivity contribution in [3.8, 4) is 0 Å². The molecule has 2 N–H and O–H groups in total. The van der Waals surface area contributed by atoms with Crippen molar-refractivity contribution in [2.45, 2.75) is 33.1 Å². The number of carboxylic acid groups (broad SMARTS) is 1. The third kappa shape index (κ3) is 9.77. The van der Waals surface area contributed by atoms with E-state index in [1.54, 1.807) is 0 Å². The smallest absolute Gasteiger partial charge is 0.317 e. The van der Waals surface area contributed by atoms with Gasteiger partial charge in [-0.25, -0.2) is 0 Å². The highest BCUT2D eigenvalue weighted by Crippen LogP contribution is 1.92. The Morgan fingerprint density at radius 1 is 1.11 bits per heavy atom. The number of nitrogens with one attached hydrogen (secondary N) is 1. The summed E-state index contributed by atoms with van der Waals surface area (Å²) in [4.78, 5) is 34.4. The van der Waals surface area contributed by atoms with Crippen LogP contribution >= 0.6 is 0 Å². The molecule has 0 radical (unpaired) electrons. The van der Waals surface area contributed by atoms with Gasteiger partial charge in [-0.15, -0.1) is 0 Å². The zero-order valence-corrected chi connectivity index (χ0v) is 11.1. The van der Waals surface area contributed by atoms with Gasteiger partial charge in [0.25, 0.3) is 0 Å². The number of unbranched alkanes of at least 4 members (excludes halogenated alkanes) is 2. The van der Waals surface area contributed by atoms with E-state index in [0.29, 0.717) is 6.54 Å². The standard InChI is InChI=1S/C12H22N2O4/c1-3-4-5-6-13-11(16)8-14(7-10(2)15)9-12(17)18/h3-9H2,1-2H3,(H,13,16)(H,17,18). The molecule has 0 atom stereocenters. The van der Waals surface area contributed by atoms with Crippen LogP contribution in [0.15, 0.2) is 0 Å². The molecule has 0 aliphatic rings. The minimum Gasteiger partial charge on any atom is -0.480 e. The minimum absolute atomic E-state index is 0.0192. The highest BCUT2D eigenvalue weighted by molar-refractivity contribution is 5.82. The average molecular weight is 258 g/mol. The number of nitrogens with zero attached hydrogens (tertiary/aromatic N) is 1. The molecule has 6 nitrogen and oxygen atoms in total. The Kier molecular flexibility index (Phi) is 8.82. The number of Topliss-reactive ketones (excluding diaryl/α,β-unsaturated/α-hetero) is 1. The van der Waals surface area contributed by atoms with E-state index >= 15 is 0 Å². The number of rotatable bonds is 10. The van der Waals surface area contributed by atoms with Crippen molar-refractivity contribution in [2.24, 2.45) is 0 Å². The number of amides is 1. The number of carbonyl (C=O) groups excluding carboxylic acids is 2. The lowest BCUT2D eigenvalue weighted by Crippen LogP contribution is -2.42. The molecule has 0 saturated heterocycles. The Balaban J connectivity index is 4.01. The van der Waals surface area contributed by atoms with Crippen molar-refractivity contribution < 1.29 is 19.5 Å². The zero-order chi connectivity index (χ0) is 14.0. The van der Waals surface area contributed by atoms with Crippen LogP contribution in [-0.2, 0) is 14.4 Å². The second kappa shape index (κ2) is 9.58. The Morgan fingerprint density at radius 2 is 1.78 bits per heavy atom. The summed E-state index contributed by atoms with van der Waals surface area (Å²) in [5.74, 6) is -1.45. The first-order valence-electron chi connectivity index (χ1n) is 6.16. The molecule has 0 fully saturated rings. The number of aliphatic carboxylic acids is 1. The molecule has 0 aliphatic heterocycles. The van der Waals surface area contributed by atoms with Gasteiger partial charge in [0.15, 0.2) is 0 Å². The molecule has 0 aromatic rings. The molecule has 0 spiro atoms. The monoisotopic (exact) mass is 258 g/mol. The van der Waals surface area contributed by atoms with Crippen LogP contribution in [0.2, 0.25) is 0 Å². The van der Waals surface area contributed by atoms with E-state index < -0.39 is 5.97 Å². The SMILES string of the molecule is CCCCCNC(=O)CN(CC(C)=O)CC(=O)O. The number of ketones is 1. The highest BCUT2D eigenvalue weighted by atomic mass is 16.4. The van der Waals surface area contributed by atoms with Crippen LogP contribution in [0.25, 0.3) is 0 Å². The Morgan fingerprint density at radius 3 is 2.28 bits per heavy atom. The summed E-state index contributed by atoms with van der Waals surface area (Å²) >= 11 is 0. The second-order valence-electron chi connectivity index (χ2n) is 4.30. The van der Waals surface area contributed by atoms with Gasteiger partial charge >= 0.3 is 5.97 Å². The first-order valence-corrected chi connectivity index (χ1v) is 6.16. The Labute approximate surface area is 107 Å². The minimum atomic E-state index is -1.05. The summed E-state index contributed by atoms with van der Waals surface area (Å²) in [6, 6.07) is 0. The summed E-state index contributed by atoms with van der Waals surface area (Å²) in [5.41, 5.74) is 0. The second-order valence-corrected chi connectivity index (χ2v) is 4.30. The molecule has 18 heavy (non-hydrogen) atoms. The van der Waals surface area contributed by atoms with Crippen LogP contribution in [0.3, 0.4) is 0 Å². The van der Waals surface area contributed by atoms with Crippen LogP contribution in [0, 0.1) is 0 Å². The molecule has 0 aromatic carbocycles. The number of hydrogen-bond donors (Lipinski definition) is 2. The van der Waals surface area contributed by atoms with Crippen molar-refractivity contribution in [1.29, 1.82) is 0 Å². The van der Waals surface area contributed by atoms with Crippen molar-refractivity contribution in [3.05, 3.63) is 0 Å². The predicted molar refractivity (Wildman–Crippen MR) is 67.3 cm³/mol. The third-order valence-corrected chi connectivity index (χ3v) is 2.27. The van der Waals surface area contributed by atoms with Crippen LogP contribution in [0.4, 0.5) is 0 Å². The zero-order valence-electron chi connectivity index (χ0n) is 11.1. The van der Waals surface area contributed by atoms with E-state index in [-0.39, 0.29) is 31.3 Å². The van der Waals surface area contributed by atoms with Crippen LogP contribution < -0.4 is 5.32 Å². The molecular formula is C12H22N2O4. The Bertz CT molecular complexity index is 276. The molecule has 0 unspecified atom stereocenters. The van der Waals surface area contributed by atoms with Crippen molar-refractivity contribution in [3.63, 3.8) is 0 Å². The maximum atomic E-state index is 11.5. The summed E-state index contributed by atoms with van der Waals surface area (Å²) in [7, 11) is 0. The van der Waals surface area contributed by atoms with E-state index in [2.05, 4.69) is 12.2 Å². The van der Waals surface area contributed by atoms with E-state index in [4.69, 9.17) is 5.11 Å². The van der Waals surface area contributed by atoms with Gasteiger partial charge in [0, 0.05) is 6.54 Å². The van der Waals surface area contributed by atoms with Gasteiger partial charge in [0.2, 0.25) is 5.91 Å². The van der Waals surface area contributed by atoms with Gasteiger partial charge in [0.1, 0.15) is 5.78 Å². The van der Waals surface area contributed by atoms with Crippen molar-refractivity contribution in [2.75, 3.05) is 26.2 Å². The molecule has 0 saturated carbocycles. The molecular weight excluding hydrogens is 236 g/mol. The van der Waals surface area contributed by atoms with Crippen molar-refractivity contribution >= 4 is 17.7 Å². The maximum Gasteiger partial charge on any atom is 0.317 e. The quantitative estimate of drug-likeness (QED) is 0.549. The Hall–Kier alpha value is -1.43. The third-order valence-electron chi connectivity index (χ3n) is 2.27. The molecule has 0 rings (SSSR count). The summed E-state index contributed by atoms with van der Waals surface area (Å²) in [6.45, 7) is 3.65. The summed E-state index contributed by atoms with van der Waals surface area (Å²) in [5, 5.41) is 11.4. The van der Waals surface area contributed by atoms with Gasteiger partial charge in [-0.05, 0) is 13.3 Å². The molecule has 0 aromatic heterocycles. The normalized spacial score (nSPS) is 10.4. The highest BCUT2D eigenvalue weighted by Gasteiger charge is 2.15. The molecule has 0 aliphatic carbocycles. The summed E-state index contributed by atoms with van der Waals surface area (Å²) in [6.07, 6.45) is 3.03. The molecule has 104 valence electrons. The van der Waals surface area contributed by atoms with Gasteiger partial charge in [-0.1, -0.05) is 19.8 Å². The van der Waals surface area contributed by atoms with Gasteiger partial charge < -0.3 is 10.4 Å². The fourth-order valence-corrected chi connectivity index (χ4v) is 1.54. The average Bonchev–Trinajstić information content (AvgIpc) is 2.22. The lowest BCUT2D eigenvalue weighted by Gasteiger charge is -2.17. The van der Waals surface area contributed by atoms with Gasteiger partial charge in [-0.2, -0.15) is 0 Å². The molecule has 6 heteroatoms.